The number of diazo groups is 1. The van der Waals surface area contributed by atoms with Crippen LogP contribution in [-0.4, -0.2) is 13.9 Å². The van der Waals surface area contributed by atoms with Gasteiger partial charge in [-0.2, -0.15) is 0 Å². The van der Waals surface area contributed by atoms with Crippen LogP contribution in [-0.2, 0) is 22.3 Å². The van der Waals surface area contributed by atoms with Gasteiger partial charge in [-0.1, -0.05) is 12.1 Å². The van der Waals surface area contributed by atoms with E-state index in [-0.39, 0.29) is 6.61 Å². The summed E-state index contributed by atoms with van der Waals surface area (Å²) in [4.78, 5) is 3.09. The third kappa shape index (κ3) is 6.40. The molecule has 1 unspecified atom stereocenters. The first-order chi connectivity index (χ1) is 10.6. The Bertz CT molecular complexity index is 640. The molecule has 0 aromatic heterocycles. The molecule has 0 saturated carbocycles. The summed E-state index contributed by atoms with van der Waals surface area (Å²) in [5, 5.41) is 29.2. The van der Waals surface area contributed by atoms with Crippen molar-refractivity contribution in [2.75, 3.05) is 5.32 Å². The summed E-state index contributed by atoms with van der Waals surface area (Å²) in [5.74, 6) is 0. The van der Waals surface area contributed by atoms with E-state index in [9.17, 15) is 0 Å². The Hall–Kier alpha value is -2.35. The maximum atomic E-state index is 8.92. The molecule has 2 aromatic rings. The first-order valence-electron chi connectivity index (χ1n) is 5.90. The quantitative estimate of drug-likeness (QED) is 0.377. The highest BCUT2D eigenvalue weighted by Crippen LogP contribution is 2.20. The molecule has 0 fully saturated rings. The Morgan fingerprint density at radius 1 is 1.14 bits per heavy atom. The topological polar surface area (TPSA) is 133 Å². The monoisotopic (exact) mass is 322 g/mol. The predicted octanol–water partition coefficient (Wildman–Crippen LogP) is 1.48. The molecule has 1 atom stereocenters. The number of hydrogen-bond donors (Lipinski definition) is 2. The van der Waals surface area contributed by atoms with Crippen LogP contribution in [0.3, 0.4) is 0 Å². The molecule has 0 bridgehead atoms. The van der Waals surface area contributed by atoms with Crippen molar-refractivity contribution in [3.8, 4) is 0 Å². The molecule has 0 heterocycles. The van der Waals surface area contributed by atoms with Crippen molar-refractivity contribution < 1.29 is 23.5 Å². The van der Waals surface area contributed by atoms with Crippen LogP contribution < -0.4 is 10.6 Å². The molecule has 2 N–H and O–H groups in total. The van der Waals surface area contributed by atoms with Gasteiger partial charge in [-0.15, -0.1) is 0 Å². The number of nitrogens with zero attached hydrogens (tertiary/aromatic N) is 2. The van der Waals surface area contributed by atoms with E-state index < -0.39 is 11.4 Å². The van der Waals surface area contributed by atoms with Gasteiger partial charge in [0.1, 0.15) is 0 Å². The Balaban J connectivity index is 0.000000422. The lowest BCUT2D eigenvalue weighted by atomic mass is 10.2. The number of aliphatic hydroxyl groups is 1. The van der Waals surface area contributed by atoms with Gasteiger partial charge >= 0.3 is 5.69 Å². The van der Waals surface area contributed by atoms with Gasteiger partial charge in [0.05, 0.1) is 18.0 Å². The largest absolute Gasteiger partial charge is 0.750 e. The number of benzene rings is 2. The zero-order valence-corrected chi connectivity index (χ0v) is 12.0. The fraction of sp³-hybridized carbons (Fsp3) is 0.0769. The van der Waals surface area contributed by atoms with Gasteiger partial charge in [0.2, 0.25) is 5.39 Å². The van der Waals surface area contributed by atoms with E-state index >= 15 is 0 Å². The molecule has 0 saturated heterocycles. The van der Waals surface area contributed by atoms with Gasteiger partial charge in [0, 0.05) is 23.5 Å². The van der Waals surface area contributed by atoms with E-state index in [1.807, 2.05) is 36.4 Å². The van der Waals surface area contributed by atoms with Gasteiger partial charge in [-0.25, -0.2) is 4.21 Å². The third-order valence-corrected chi connectivity index (χ3v) is 2.57. The molecule has 0 aliphatic carbocycles. The SMILES string of the molecule is N#[N+]c1ccc(Nc2ccc(CO)cc2)cc1.O=S([O-])O[O-]. The number of aliphatic hydroxyl groups excluding tert-OH is 1. The highest BCUT2D eigenvalue weighted by Gasteiger charge is 2.02. The zero-order chi connectivity index (χ0) is 16.4. The molecule has 0 spiro atoms. The molecule has 22 heavy (non-hydrogen) atoms. The van der Waals surface area contributed by atoms with Crippen LogP contribution in [0.2, 0.25) is 0 Å². The molecular weight excluding hydrogens is 310 g/mol. The van der Waals surface area contributed by atoms with Crippen LogP contribution in [0.4, 0.5) is 17.1 Å². The Morgan fingerprint density at radius 3 is 1.95 bits per heavy atom. The maximum absolute atomic E-state index is 8.92. The molecule has 0 aliphatic heterocycles. The molecule has 0 aliphatic rings. The second-order valence-electron chi connectivity index (χ2n) is 3.90. The van der Waals surface area contributed by atoms with Crippen molar-refractivity contribution in [2.45, 2.75) is 6.61 Å². The molecular formula is C13H12N3O5S-. The van der Waals surface area contributed by atoms with Crippen LogP contribution in [0, 0.1) is 5.39 Å². The molecule has 2 rings (SSSR count). The molecule has 0 amide bonds. The Morgan fingerprint density at radius 2 is 1.59 bits per heavy atom. The average Bonchev–Trinajstić information content (AvgIpc) is 2.57. The van der Waals surface area contributed by atoms with Crippen molar-refractivity contribution in [3.05, 3.63) is 59.1 Å². The lowest BCUT2D eigenvalue weighted by Gasteiger charge is -2.05. The van der Waals surface area contributed by atoms with Crippen LogP contribution >= 0.6 is 0 Å². The number of anilines is 2. The van der Waals surface area contributed by atoms with Crippen molar-refractivity contribution >= 4 is 28.4 Å². The van der Waals surface area contributed by atoms with Crippen LogP contribution in [0.15, 0.2) is 48.5 Å². The van der Waals surface area contributed by atoms with Crippen molar-refractivity contribution in [2.24, 2.45) is 0 Å². The van der Waals surface area contributed by atoms with E-state index in [1.54, 1.807) is 12.1 Å². The molecule has 116 valence electrons. The van der Waals surface area contributed by atoms with Crippen LogP contribution in [0.5, 0.6) is 0 Å². The maximum Gasteiger partial charge on any atom is 0.385 e. The summed E-state index contributed by atoms with van der Waals surface area (Å²) in [7, 11) is 0. The third-order valence-electron chi connectivity index (χ3n) is 2.46. The minimum absolute atomic E-state index is 0.0486. The number of hydrogen-bond acceptors (Lipinski definition) is 7. The number of nitrogens with one attached hydrogen (secondary N) is 1. The average molecular weight is 322 g/mol. The van der Waals surface area contributed by atoms with Gasteiger partial charge in [-0.05, 0) is 29.8 Å². The second kappa shape index (κ2) is 9.56. The zero-order valence-electron chi connectivity index (χ0n) is 11.2. The van der Waals surface area contributed by atoms with Crippen LogP contribution in [0.1, 0.15) is 5.56 Å². The highest BCUT2D eigenvalue weighted by atomic mass is 32.2. The predicted molar refractivity (Wildman–Crippen MR) is 76.8 cm³/mol. The van der Waals surface area contributed by atoms with Gasteiger partial charge in [0.15, 0.2) is 4.98 Å². The van der Waals surface area contributed by atoms with Gasteiger partial charge in [-0.3, -0.25) is 0 Å². The van der Waals surface area contributed by atoms with Crippen LogP contribution in [0.25, 0.3) is 4.98 Å². The standard InChI is InChI=1S/C13H12N3O.H2O4S/c14-16-13-7-5-12(6-8-13)15-11-3-1-10(9-17)2-4-11;1-4-5(2)3/h1-8,15,17H,9H2;1H,(H,2,3)/q+1;/p-2. The van der Waals surface area contributed by atoms with E-state index in [0.717, 1.165) is 16.9 Å². The van der Waals surface area contributed by atoms with Gasteiger partial charge in [0.25, 0.3) is 0 Å². The first kappa shape index (κ1) is 17.7. The Labute approximate surface area is 129 Å². The fourth-order valence-corrected chi connectivity index (χ4v) is 1.47. The molecule has 2 aromatic carbocycles. The van der Waals surface area contributed by atoms with E-state index in [4.69, 9.17) is 24.5 Å². The smallest absolute Gasteiger partial charge is 0.385 e. The van der Waals surface area contributed by atoms with Gasteiger partial charge < -0.3 is 24.6 Å². The second-order valence-corrected chi connectivity index (χ2v) is 4.44. The van der Waals surface area contributed by atoms with E-state index in [1.165, 1.54) is 0 Å². The molecule has 8 nitrogen and oxygen atoms in total. The minimum atomic E-state index is -2.88. The van der Waals surface area contributed by atoms with E-state index in [0.29, 0.717) is 5.69 Å². The Kier molecular flexibility index (Phi) is 7.69. The summed E-state index contributed by atoms with van der Waals surface area (Å²) < 4.78 is 20.1. The first-order valence-corrected chi connectivity index (χ1v) is 6.90. The summed E-state index contributed by atoms with van der Waals surface area (Å²) in [6, 6.07) is 14.6. The lowest BCUT2D eigenvalue weighted by molar-refractivity contribution is -0.635. The summed E-state index contributed by atoms with van der Waals surface area (Å²) >= 11 is -2.88. The summed E-state index contributed by atoms with van der Waals surface area (Å²) in [6.45, 7) is 0.0486. The normalized spacial score (nSPS) is 10.8. The minimum Gasteiger partial charge on any atom is -0.750 e. The van der Waals surface area contributed by atoms with Crippen molar-refractivity contribution in [3.63, 3.8) is 0 Å². The van der Waals surface area contributed by atoms with Crippen molar-refractivity contribution in [1.29, 1.82) is 5.39 Å². The summed E-state index contributed by atoms with van der Waals surface area (Å²) in [5.41, 5.74) is 3.25. The molecule has 0 radical (unpaired) electrons. The summed E-state index contributed by atoms with van der Waals surface area (Å²) in [6.07, 6.45) is 0. The van der Waals surface area contributed by atoms with Crippen molar-refractivity contribution in [1.82, 2.24) is 0 Å². The lowest BCUT2D eigenvalue weighted by Crippen LogP contribution is -2.06. The van der Waals surface area contributed by atoms with E-state index in [2.05, 4.69) is 14.6 Å². The highest BCUT2D eigenvalue weighted by molar-refractivity contribution is 7.73. The fourth-order valence-electron chi connectivity index (χ4n) is 1.47. The number of rotatable bonds is 4. The molecule has 9 heteroatoms.